The van der Waals surface area contributed by atoms with Crippen LogP contribution in [-0.4, -0.2) is 42.7 Å². The molecule has 0 aliphatic carbocycles. The molecule has 0 fully saturated rings. The number of aliphatic carboxylic acids is 1. The molecule has 0 aromatic heterocycles. The van der Waals surface area contributed by atoms with Gasteiger partial charge in [-0.25, -0.2) is 4.79 Å². The van der Waals surface area contributed by atoms with E-state index in [1.165, 1.54) is 19.3 Å². The van der Waals surface area contributed by atoms with Crippen LogP contribution in [0.2, 0.25) is 0 Å². The molecule has 3 heteroatoms. The average Bonchev–Trinajstić information content (AvgIpc) is 2.08. The second-order valence-corrected chi connectivity index (χ2v) is 5.17. The zero-order chi connectivity index (χ0) is 11.9. The number of carboxylic acids is 1. The van der Waals surface area contributed by atoms with Crippen LogP contribution in [0.15, 0.2) is 0 Å². The molecule has 15 heavy (non-hydrogen) atoms. The second-order valence-electron chi connectivity index (χ2n) is 5.17. The smallest absolute Gasteiger partial charge is 0.362 e. The van der Waals surface area contributed by atoms with E-state index in [9.17, 15) is 4.79 Å². The van der Waals surface area contributed by atoms with Gasteiger partial charge in [0.1, 0.15) is 0 Å². The van der Waals surface area contributed by atoms with E-state index in [4.69, 9.17) is 5.11 Å². The Morgan fingerprint density at radius 3 is 2.07 bits per heavy atom. The molecule has 1 atom stereocenters. The summed E-state index contributed by atoms with van der Waals surface area (Å²) in [5.74, 6) is -0.669. The zero-order valence-electron chi connectivity index (χ0n) is 10.6. The lowest BCUT2D eigenvalue weighted by Gasteiger charge is -2.31. The Balaban J connectivity index is 3.84. The highest BCUT2D eigenvalue weighted by Crippen LogP contribution is 2.13. The van der Waals surface area contributed by atoms with Crippen LogP contribution in [0.1, 0.15) is 45.4 Å². The van der Waals surface area contributed by atoms with Crippen molar-refractivity contribution in [3.05, 3.63) is 0 Å². The van der Waals surface area contributed by atoms with Crippen LogP contribution >= 0.6 is 0 Å². The maximum atomic E-state index is 11.1. The number of likely N-dealkylation sites (N-methyl/N-ethyl adjacent to an activating group) is 1. The summed E-state index contributed by atoms with van der Waals surface area (Å²) in [5, 5.41) is 9.10. The van der Waals surface area contributed by atoms with E-state index in [0.717, 1.165) is 19.3 Å². The number of rotatable bonds is 8. The van der Waals surface area contributed by atoms with Gasteiger partial charge in [-0.2, -0.15) is 0 Å². The molecule has 90 valence electrons. The Morgan fingerprint density at radius 2 is 1.67 bits per heavy atom. The molecule has 0 rings (SSSR count). The maximum absolute atomic E-state index is 11.1. The predicted octanol–water partition coefficient (Wildman–Crippen LogP) is 2.51. The van der Waals surface area contributed by atoms with Gasteiger partial charge in [-0.05, 0) is 6.42 Å². The van der Waals surface area contributed by atoms with Crippen LogP contribution < -0.4 is 0 Å². The van der Waals surface area contributed by atoms with E-state index < -0.39 is 5.97 Å². The fourth-order valence-corrected chi connectivity index (χ4v) is 1.78. The fraction of sp³-hybridized carbons (Fsp3) is 0.917. The summed E-state index contributed by atoms with van der Waals surface area (Å²) in [6, 6.07) is -0.258. The van der Waals surface area contributed by atoms with Crippen LogP contribution in [0.5, 0.6) is 0 Å². The van der Waals surface area contributed by atoms with E-state index in [2.05, 4.69) is 6.92 Å². The molecule has 0 aromatic carbocycles. The molecule has 0 saturated heterocycles. The minimum absolute atomic E-state index is 0.258. The number of hydrogen-bond donors (Lipinski definition) is 1. The van der Waals surface area contributed by atoms with Crippen molar-refractivity contribution in [2.75, 3.05) is 21.1 Å². The average molecular weight is 216 g/mol. The molecule has 0 aliphatic rings. The molecule has 0 bridgehead atoms. The third-order valence-corrected chi connectivity index (χ3v) is 2.80. The first-order valence-corrected chi connectivity index (χ1v) is 5.93. The minimum Gasteiger partial charge on any atom is -0.477 e. The van der Waals surface area contributed by atoms with Crippen molar-refractivity contribution in [2.24, 2.45) is 0 Å². The summed E-state index contributed by atoms with van der Waals surface area (Å²) in [5.41, 5.74) is 0. The second kappa shape index (κ2) is 6.83. The number of quaternary nitrogens is 1. The lowest BCUT2D eigenvalue weighted by Crippen LogP contribution is -2.49. The molecule has 1 N–H and O–H groups in total. The van der Waals surface area contributed by atoms with E-state index in [1.54, 1.807) is 0 Å². The molecule has 0 aliphatic heterocycles. The largest absolute Gasteiger partial charge is 0.477 e. The van der Waals surface area contributed by atoms with Crippen LogP contribution in [0.4, 0.5) is 0 Å². The lowest BCUT2D eigenvalue weighted by molar-refractivity contribution is -0.887. The summed E-state index contributed by atoms with van der Waals surface area (Å²) < 4.78 is 0.517. The molecular weight excluding hydrogens is 190 g/mol. The maximum Gasteiger partial charge on any atom is 0.362 e. The molecule has 0 heterocycles. The monoisotopic (exact) mass is 216 g/mol. The van der Waals surface area contributed by atoms with Gasteiger partial charge in [-0.15, -0.1) is 0 Å². The topological polar surface area (TPSA) is 37.3 Å². The van der Waals surface area contributed by atoms with Crippen molar-refractivity contribution in [1.29, 1.82) is 0 Å². The molecule has 0 radical (unpaired) electrons. The van der Waals surface area contributed by atoms with Gasteiger partial charge >= 0.3 is 5.97 Å². The number of carbonyl (C=O) groups is 1. The van der Waals surface area contributed by atoms with Gasteiger partial charge in [-0.3, -0.25) is 0 Å². The van der Waals surface area contributed by atoms with Crippen LogP contribution in [0.3, 0.4) is 0 Å². The van der Waals surface area contributed by atoms with E-state index in [-0.39, 0.29) is 6.04 Å². The van der Waals surface area contributed by atoms with Gasteiger partial charge in [0.2, 0.25) is 0 Å². The summed E-state index contributed by atoms with van der Waals surface area (Å²) in [6.45, 7) is 2.19. The van der Waals surface area contributed by atoms with Crippen LogP contribution in [0.25, 0.3) is 0 Å². The third-order valence-electron chi connectivity index (χ3n) is 2.80. The van der Waals surface area contributed by atoms with Crippen molar-refractivity contribution in [2.45, 2.75) is 51.5 Å². The highest BCUT2D eigenvalue weighted by molar-refractivity contribution is 5.72. The molecule has 3 nitrogen and oxygen atoms in total. The first kappa shape index (κ1) is 14.4. The van der Waals surface area contributed by atoms with Gasteiger partial charge in [0.15, 0.2) is 6.04 Å². The minimum atomic E-state index is -0.669. The quantitative estimate of drug-likeness (QED) is 0.500. The van der Waals surface area contributed by atoms with E-state index >= 15 is 0 Å². The van der Waals surface area contributed by atoms with Crippen molar-refractivity contribution >= 4 is 5.97 Å². The van der Waals surface area contributed by atoms with E-state index in [1.807, 2.05) is 21.1 Å². The Hall–Kier alpha value is -0.570. The Kier molecular flexibility index (Phi) is 6.57. The highest BCUT2D eigenvalue weighted by Gasteiger charge is 2.30. The van der Waals surface area contributed by atoms with Crippen molar-refractivity contribution < 1.29 is 14.4 Å². The summed E-state index contributed by atoms with van der Waals surface area (Å²) in [4.78, 5) is 11.1. The van der Waals surface area contributed by atoms with E-state index in [0.29, 0.717) is 4.48 Å². The van der Waals surface area contributed by atoms with Gasteiger partial charge in [0.05, 0.1) is 21.1 Å². The SMILES string of the molecule is CCCCCCCC(C(=O)O)[N+](C)(C)C. The Labute approximate surface area is 93.7 Å². The number of unbranched alkanes of at least 4 members (excludes halogenated alkanes) is 4. The predicted molar refractivity (Wildman–Crippen MR) is 62.8 cm³/mol. The first-order chi connectivity index (χ1) is 6.89. The highest BCUT2D eigenvalue weighted by atomic mass is 16.4. The lowest BCUT2D eigenvalue weighted by atomic mass is 10.0. The first-order valence-electron chi connectivity index (χ1n) is 5.93. The van der Waals surface area contributed by atoms with Crippen molar-refractivity contribution in [3.8, 4) is 0 Å². The zero-order valence-corrected chi connectivity index (χ0v) is 10.6. The number of hydrogen-bond acceptors (Lipinski definition) is 1. The molecule has 0 amide bonds. The summed E-state index contributed by atoms with van der Waals surface area (Å²) in [6.07, 6.45) is 6.73. The van der Waals surface area contributed by atoms with Crippen LogP contribution in [0, 0.1) is 0 Å². The Bertz CT molecular complexity index is 185. The number of carboxylic acid groups (broad SMARTS) is 1. The standard InChI is InChI=1S/C12H25NO2/c1-5-6-7-8-9-10-11(12(14)15)13(2,3)4/h11H,5-10H2,1-4H3/p+1. The van der Waals surface area contributed by atoms with Gasteiger partial charge in [0, 0.05) is 6.42 Å². The molecular formula is C12H26NO2+. The van der Waals surface area contributed by atoms with Gasteiger partial charge in [-0.1, -0.05) is 32.6 Å². The van der Waals surface area contributed by atoms with Crippen LogP contribution in [-0.2, 0) is 4.79 Å². The molecule has 1 unspecified atom stereocenters. The molecule has 0 saturated carbocycles. The number of nitrogens with zero attached hydrogens (tertiary/aromatic N) is 1. The molecule has 0 aromatic rings. The Morgan fingerprint density at radius 1 is 1.13 bits per heavy atom. The van der Waals surface area contributed by atoms with Crippen molar-refractivity contribution in [1.82, 2.24) is 0 Å². The fourth-order valence-electron chi connectivity index (χ4n) is 1.78. The van der Waals surface area contributed by atoms with Gasteiger partial charge in [0.25, 0.3) is 0 Å². The normalized spacial score (nSPS) is 13.9. The summed E-state index contributed by atoms with van der Waals surface area (Å²) >= 11 is 0. The molecule has 0 spiro atoms. The summed E-state index contributed by atoms with van der Waals surface area (Å²) in [7, 11) is 5.85. The third kappa shape index (κ3) is 6.50. The van der Waals surface area contributed by atoms with Gasteiger partial charge < -0.3 is 9.59 Å². The van der Waals surface area contributed by atoms with Crippen molar-refractivity contribution in [3.63, 3.8) is 0 Å².